The highest BCUT2D eigenvalue weighted by Gasteiger charge is 2.31. The van der Waals surface area contributed by atoms with E-state index in [2.05, 4.69) is 72.6 Å². The van der Waals surface area contributed by atoms with Gasteiger partial charge in [0.25, 0.3) is 0 Å². The molecule has 0 spiro atoms. The number of aryl methyl sites for hydroxylation is 1. The highest BCUT2D eigenvalue weighted by molar-refractivity contribution is 5.89. The van der Waals surface area contributed by atoms with E-state index in [0.717, 1.165) is 64.7 Å². The van der Waals surface area contributed by atoms with E-state index in [4.69, 9.17) is 14.6 Å². The number of urea groups is 1. The molecule has 244 valence electrons. The number of nitrogens with one attached hydrogen (secondary N) is 2. The second kappa shape index (κ2) is 12.5. The molecule has 1 aliphatic heterocycles. The predicted octanol–water partition coefficient (Wildman–Crippen LogP) is 6.30. The Bertz CT molecular complexity index is 1890. The summed E-state index contributed by atoms with van der Waals surface area (Å²) in [6, 6.07) is 21.7. The third-order valence-electron chi connectivity index (χ3n) is 9.11. The second-order valence-corrected chi connectivity index (χ2v) is 13.6. The van der Waals surface area contributed by atoms with Gasteiger partial charge in [-0.15, -0.1) is 10.2 Å². The number of ether oxygens (including phenoxy) is 2. The van der Waals surface area contributed by atoms with Crippen molar-refractivity contribution in [2.45, 2.75) is 64.1 Å². The number of anilines is 1. The smallest absolute Gasteiger partial charge is 0.320 e. The van der Waals surface area contributed by atoms with Crippen molar-refractivity contribution in [2.75, 3.05) is 32.1 Å². The highest BCUT2D eigenvalue weighted by Crippen LogP contribution is 2.39. The Morgan fingerprint density at radius 3 is 2.55 bits per heavy atom. The lowest BCUT2D eigenvalue weighted by molar-refractivity contribution is 0.00144. The summed E-state index contributed by atoms with van der Waals surface area (Å²) < 4.78 is 16.2. The molecule has 3 aromatic heterocycles. The molecule has 47 heavy (non-hydrogen) atoms. The summed E-state index contributed by atoms with van der Waals surface area (Å²) in [6.45, 7) is 10.5. The monoisotopic (exact) mass is 634 g/mol. The fraction of sp³-hybridized carbons (Fsp3) is 0.389. The summed E-state index contributed by atoms with van der Waals surface area (Å²) in [6.07, 6.45) is 3.27. The Hall–Kier alpha value is -4.74. The zero-order valence-electron chi connectivity index (χ0n) is 27.6. The number of nitrogens with zero attached hydrogens (tertiary/aromatic N) is 6. The molecule has 11 nitrogen and oxygen atoms in total. The summed E-state index contributed by atoms with van der Waals surface area (Å²) in [7, 11) is 2.08. The van der Waals surface area contributed by atoms with Gasteiger partial charge in [-0.1, -0.05) is 62.7 Å². The zero-order valence-corrected chi connectivity index (χ0v) is 27.6. The van der Waals surface area contributed by atoms with Gasteiger partial charge < -0.3 is 14.8 Å². The van der Waals surface area contributed by atoms with Crippen LogP contribution in [0.5, 0.6) is 5.75 Å². The second-order valence-electron chi connectivity index (χ2n) is 13.6. The topological polar surface area (TPSA) is 111 Å². The minimum atomic E-state index is -0.278. The van der Waals surface area contributed by atoms with Crippen LogP contribution in [0.1, 0.15) is 80.0 Å². The Kier molecular flexibility index (Phi) is 8.19. The van der Waals surface area contributed by atoms with Crippen LogP contribution < -0.4 is 15.4 Å². The number of hydrogen-bond donors (Lipinski definition) is 2. The molecule has 4 heterocycles. The molecule has 2 amide bonds. The van der Waals surface area contributed by atoms with Crippen LogP contribution in [0.25, 0.3) is 11.3 Å². The molecular weight excluding hydrogens is 592 g/mol. The van der Waals surface area contributed by atoms with E-state index < -0.39 is 0 Å². The number of carbonyl (C=O) groups is 1. The van der Waals surface area contributed by atoms with Gasteiger partial charge in [0.15, 0.2) is 11.5 Å². The van der Waals surface area contributed by atoms with Crippen LogP contribution in [-0.4, -0.2) is 62.1 Å². The molecule has 1 fully saturated rings. The average molecular weight is 635 g/mol. The first kappa shape index (κ1) is 30.9. The Balaban J connectivity index is 1.09. The SMILES string of the molecule is Cc1ccc(-n2nc(C(C)(C)C)cc2NC(=O)N[C@H]2CC[C@@H](Oc3ccc4nnc(C5COCCN5C)n4c3)c3ccccc32)cc1. The molecule has 0 radical (unpaired) electrons. The molecule has 7 rings (SSSR count). The first-order valence-electron chi connectivity index (χ1n) is 16.3. The van der Waals surface area contributed by atoms with Crippen LogP contribution in [0.3, 0.4) is 0 Å². The van der Waals surface area contributed by atoms with Crippen molar-refractivity contribution in [2.24, 2.45) is 0 Å². The minimum absolute atomic E-state index is 0.0259. The van der Waals surface area contributed by atoms with Gasteiger partial charge in [-0.25, -0.2) is 9.48 Å². The largest absolute Gasteiger partial charge is 0.484 e. The Morgan fingerprint density at radius 2 is 1.79 bits per heavy atom. The van der Waals surface area contributed by atoms with E-state index >= 15 is 0 Å². The van der Waals surface area contributed by atoms with Gasteiger partial charge in [0, 0.05) is 18.0 Å². The van der Waals surface area contributed by atoms with Crippen LogP contribution in [0.15, 0.2) is 72.9 Å². The Morgan fingerprint density at radius 1 is 1.00 bits per heavy atom. The molecule has 5 aromatic rings. The van der Waals surface area contributed by atoms with Crippen molar-refractivity contribution < 1.29 is 14.3 Å². The van der Waals surface area contributed by atoms with E-state index in [-0.39, 0.29) is 29.6 Å². The quantitative estimate of drug-likeness (QED) is 0.226. The van der Waals surface area contributed by atoms with Crippen LogP contribution in [0.2, 0.25) is 0 Å². The molecule has 2 N–H and O–H groups in total. The zero-order chi connectivity index (χ0) is 32.7. The maximum absolute atomic E-state index is 13.5. The summed E-state index contributed by atoms with van der Waals surface area (Å²) >= 11 is 0. The lowest BCUT2D eigenvalue weighted by Crippen LogP contribution is -2.37. The number of pyridine rings is 1. The maximum atomic E-state index is 13.5. The summed E-state index contributed by atoms with van der Waals surface area (Å²) in [5.41, 5.74) is 5.65. The predicted molar refractivity (Wildman–Crippen MR) is 180 cm³/mol. The summed E-state index contributed by atoms with van der Waals surface area (Å²) in [5, 5.41) is 20.0. The van der Waals surface area contributed by atoms with Gasteiger partial charge in [-0.2, -0.15) is 5.10 Å². The van der Waals surface area contributed by atoms with Crippen molar-refractivity contribution >= 4 is 17.5 Å². The summed E-state index contributed by atoms with van der Waals surface area (Å²) in [4.78, 5) is 15.8. The lowest BCUT2D eigenvalue weighted by atomic mass is 9.85. The Labute approximate surface area is 274 Å². The maximum Gasteiger partial charge on any atom is 0.320 e. The molecule has 1 saturated heterocycles. The first-order valence-corrected chi connectivity index (χ1v) is 16.3. The number of rotatable bonds is 6. The van der Waals surface area contributed by atoms with Crippen molar-refractivity contribution in [1.82, 2.24) is 34.6 Å². The normalized spacial score (nSPS) is 20.1. The van der Waals surface area contributed by atoms with Crippen molar-refractivity contribution in [3.05, 3.63) is 101 Å². The number of amides is 2. The van der Waals surface area contributed by atoms with Crippen LogP contribution in [0, 0.1) is 6.92 Å². The van der Waals surface area contributed by atoms with E-state index in [1.165, 1.54) is 0 Å². The van der Waals surface area contributed by atoms with Gasteiger partial charge in [0.05, 0.1) is 42.9 Å². The fourth-order valence-corrected chi connectivity index (χ4v) is 6.36. The van der Waals surface area contributed by atoms with Crippen LogP contribution >= 0.6 is 0 Å². The van der Waals surface area contributed by atoms with E-state index in [1.807, 2.05) is 65.2 Å². The summed E-state index contributed by atoms with van der Waals surface area (Å²) in [5.74, 6) is 2.20. The minimum Gasteiger partial charge on any atom is -0.484 e. The van der Waals surface area contributed by atoms with Gasteiger partial charge in [-0.3, -0.25) is 14.6 Å². The molecule has 3 atom stereocenters. The van der Waals surface area contributed by atoms with Gasteiger partial charge >= 0.3 is 6.03 Å². The number of fused-ring (bicyclic) bond motifs is 2. The lowest BCUT2D eigenvalue weighted by Gasteiger charge is -2.32. The van der Waals surface area contributed by atoms with E-state index in [1.54, 1.807) is 4.68 Å². The first-order chi connectivity index (χ1) is 22.6. The molecule has 2 aromatic carbocycles. The average Bonchev–Trinajstić information content (AvgIpc) is 3.67. The molecule has 1 aliphatic carbocycles. The van der Waals surface area contributed by atoms with Gasteiger partial charge in [0.1, 0.15) is 17.7 Å². The fourth-order valence-electron chi connectivity index (χ4n) is 6.36. The number of benzene rings is 2. The number of likely N-dealkylation sites (N-methyl/N-ethyl adjacent to an activating group) is 1. The van der Waals surface area contributed by atoms with Crippen molar-refractivity contribution in [1.29, 1.82) is 0 Å². The number of aromatic nitrogens is 5. The molecule has 11 heteroatoms. The molecule has 0 saturated carbocycles. The van der Waals surface area contributed by atoms with Gasteiger partial charge in [0.2, 0.25) is 0 Å². The van der Waals surface area contributed by atoms with Crippen molar-refractivity contribution in [3.63, 3.8) is 0 Å². The van der Waals surface area contributed by atoms with Crippen molar-refractivity contribution in [3.8, 4) is 11.4 Å². The highest BCUT2D eigenvalue weighted by atomic mass is 16.5. The third-order valence-corrected chi connectivity index (χ3v) is 9.11. The number of carbonyl (C=O) groups excluding carboxylic acids is 1. The van der Waals surface area contributed by atoms with Crippen LogP contribution in [0.4, 0.5) is 10.6 Å². The van der Waals surface area contributed by atoms with Gasteiger partial charge in [-0.05, 0) is 62.2 Å². The molecule has 2 aliphatic rings. The van der Waals surface area contributed by atoms with E-state index in [0.29, 0.717) is 19.0 Å². The molecular formula is C36H42N8O3. The number of hydrogen-bond acceptors (Lipinski definition) is 7. The molecule has 0 bridgehead atoms. The standard InChI is InChI=1S/C36H42N8O3/c1-23-10-12-24(13-11-23)44-33(20-31(41-44)36(2,3)4)38-35(45)37-28-15-16-30(27-9-7-6-8-26(27)28)47-25-14-17-32-39-40-34(43(32)21-25)29-22-46-19-18-42(29)5/h6-14,17,20-21,28-30H,15-16,18-19,22H2,1-5H3,(H2,37,38,45)/t28-,29?,30+/m0/s1. The van der Waals surface area contributed by atoms with Crippen LogP contribution in [-0.2, 0) is 10.2 Å². The number of morpholine rings is 1. The third kappa shape index (κ3) is 6.33. The van der Waals surface area contributed by atoms with E-state index in [9.17, 15) is 4.79 Å². The molecule has 1 unspecified atom stereocenters.